The van der Waals surface area contributed by atoms with Gasteiger partial charge in [0.1, 0.15) is 11.6 Å². The fraction of sp³-hybridized carbons (Fsp3) is 0.500. The summed E-state index contributed by atoms with van der Waals surface area (Å²) in [6.45, 7) is -1.24. The van der Waals surface area contributed by atoms with Gasteiger partial charge in [-0.05, 0) is 36.9 Å². The van der Waals surface area contributed by atoms with E-state index in [-0.39, 0.29) is 11.7 Å². The maximum atomic E-state index is 13.7. The molecule has 1 unspecified atom stereocenters. The molecule has 0 aromatic heterocycles. The summed E-state index contributed by atoms with van der Waals surface area (Å²) in [5, 5.41) is 3.19. The molecular formula is C12H14F3NO. The minimum Gasteiger partial charge on any atom is -0.435 e. The lowest BCUT2D eigenvalue weighted by Crippen LogP contribution is -2.28. The average Bonchev–Trinajstić information content (AvgIpc) is 2.29. The number of halogens is 3. The van der Waals surface area contributed by atoms with Crippen LogP contribution in [0.2, 0.25) is 0 Å². The van der Waals surface area contributed by atoms with Gasteiger partial charge in [-0.2, -0.15) is 8.78 Å². The molecule has 1 fully saturated rings. The van der Waals surface area contributed by atoms with Crippen LogP contribution in [0.1, 0.15) is 24.3 Å². The van der Waals surface area contributed by atoms with Gasteiger partial charge in [-0.3, -0.25) is 0 Å². The molecule has 1 N–H and O–H groups in total. The molecule has 1 aliphatic heterocycles. The molecule has 0 amide bonds. The Bertz CT molecular complexity index is 378. The van der Waals surface area contributed by atoms with Gasteiger partial charge in [0.25, 0.3) is 0 Å². The summed E-state index contributed by atoms with van der Waals surface area (Å²) in [6, 6.07) is 3.94. The van der Waals surface area contributed by atoms with Crippen molar-refractivity contribution >= 4 is 0 Å². The highest BCUT2D eigenvalue weighted by Crippen LogP contribution is 2.28. The largest absolute Gasteiger partial charge is 0.435 e. The lowest BCUT2D eigenvalue weighted by Gasteiger charge is -2.23. The van der Waals surface area contributed by atoms with Crippen LogP contribution >= 0.6 is 0 Å². The summed E-state index contributed by atoms with van der Waals surface area (Å²) in [5.74, 6) is -0.494. The second-order valence-electron chi connectivity index (χ2n) is 4.11. The zero-order valence-electron chi connectivity index (χ0n) is 9.26. The Morgan fingerprint density at radius 3 is 2.76 bits per heavy atom. The first-order valence-electron chi connectivity index (χ1n) is 5.62. The number of nitrogens with one attached hydrogen (secondary N) is 1. The quantitative estimate of drug-likeness (QED) is 0.884. The predicted octanol–water partition coefficient (Wildman–Crippen LogP) is 2.89. The van der Waals surface area contributed by atoms with Crippen LogP contribution in [0.25, 0.3) is 0 Å². The lowest BCUT2D eigenvalue weighted by molar-refractivity contribution is -0.0500. The molecule has 1 aliphatic rings. The zero-order chi connectivity index (χ0) is 12.3. The van der Waals surface area contributed by atoms with Crippen LogP contribution < -0.4 is 10.1 Å². The van der Waals surface area contributed by atoms with Crippen molar-refractivity contribution in [3.8, 4) is 5.75 Å². The van der Waals surface area contributed by atoms with Crippen LogP contribution in [0, 0.1) is 5.82 Å². The molecule has 2 nitrogen and oxygen atoms in total. The molecule has 17 heavy (non-hydrogen) atoms. The van der Waals surface area contributed by atoms with Crippen molar-refractivity contribution in [2.45, 2.75) is 25.4 Å². The van der Waals surface area contributed by atoms with Crippen LogP contribution in [-0.2, 0) is 0 Å². The highest BCUT2D eigenvalue weighted by molar-refractivity contribution is 5.31. The molecule has 1 atom stereocenters. The van der Waals surface area contributed by atoms with E-state index >= 15 is 0 Å². The fourth-order valence-electron chi connectivity index (χ4n) is 2.13. The normalized spacial score (nSPS) is 20.6. The van der Waals surface area contributed by atoms with E-state index < -0.39 is 12.4 Å². The van der Waals surface area contributed by atoms with E-state index in [2.05, 4.69) is 10.1 Å². The molecule has 0 spiro atoms. The minimum atomic E-state index is -2.92. The van der Waals surface area contributed by atoms with Gasteiger partial charge in [0.05, 0.1) is 0 Å². The highest BCUT2D eigenvalue weighted by Gasteiger charge is 2.19. The number of hydrogen-bond donors (Lipinski definition) is 1. The molecule has 1 aromatic rings. The summed E-state index contributed by atoms with van der Waals surface area (Å²) < 4.78 is 41.8. The Morgan fingerprint density at radius 1 is 1.35 bits per heavy atom. The summed E-state index contributed by atoms with van der Waals surface area (Å²) in [6.07, 6.45) is 1.92. The van der Waals surface area contributed by atoms with E-state index in [9.17, 15) is 13.2 Å². The zero-order valence-corrected chi connectivity index (χ0v) is 9.26. The van der Waals surface area contributed by atoms with Gasteiger partial charge < -0.3 is 10.1 Å². The Balaban J connectivity index is 2.13. The maximum Gasteiger partial charge on any atom is 0.387 e. The van der Waals surface area contributed by atoms with E-state index in [4.69, 9.17) is 0 Å². The third-order valence-electron chi connectivity index (χ3n) is 2.93. The molecule has 0 saturated carbocycles. The molecule has 94 valence electrons. The second-order valence-corrected chi connectivity index (χ2v) is 4.11. The van der Waals surface area contributed by atoms with Gasteiger partial charge >= 0.3 is 6.61 Å². The molecule has 0 bridgehead atoms. The number of benzene rings is 1. The van der Waals surface area contributed by atoms with Gasteiger partial charge in [-0.1, -0.05) is 6.07 Å². The minimum absolute atomic E-state index is 0.115. The molecule has 5 heteroatoms. The van der Waals surface area contributed by atoms with Crippen LogP contribution in [0.15, 0.2) is 18.2 Å². The third-order valence-corrected chi connectivity index (χ3v) is 2.93. The van der Waals surface area contributed by atoms with Crippen molar-refractivity contribution in [1.82, 2.24) is 5.32 Å². The van der Waals surface area contributed by atoms with E-state index in [1.54, 1.807) is 0 Å². The monoisotopic (exact) mass is 245 g/mol. The van der Waals surface area contributed by atoms with Gasteiger partial charge in [-0.15, -0.1) is 0 Å². The van der Waals surface area contributed by atoms with E-state index in [1.165, 1.54) is 12.1 Å². The second kappa shape index (κ2) is 5.40. The smallest absolute Gasteiger partial charge is 0.387 e. The van der Waals surface area contributed by atoms with Crippen LogP contribution in [0.4, 0.5) is 13.2 Å². The molecule has 1 saturated heterocycles. The van der Waals surface area contributed by atoms with Gasteiger partial charge in [0.15, 0.2) is 0 Å². The van der Waals surface area contributed by atoms with Crippen molar-refractivity contribution in [3.63, 3.8) is 0 Å². The number of rotatable bonds is 3. The Labute approximate surface area is 97.8 Å². The maximum absolute atomic E-state index is 13.7. The van der Waals surface area contributed by atoms with Crippen LogP contribution in [0.3, 0.4) is 0 Å². The van der Waals surface area contributed by atoms with Crippen molar-refractivity contribution in [2.24, 2.45) is 0 Å². The number of alkyl halides is 2. The Hall–Kier alpha value is -1.23. The SMILES string of the molecule is Fc1cc(OC(F)F)ccc1C1CCCNC1. The fourth-order valence-corrected chi connectivity index (χ4v) is 2.13. The number of hydrogen-bond acceptors (Lipinski definition) is 2. The topological polar surface area (TPSA) is 21.3 Å². The molecular weight excluding hydrogens is 231 g/mol. The molecule has 0 radical (unpaired) electrons. The number of piperidine rings is 1. The highest BCUT2D eigenvalue weighted by atomic mass is 19.3. The van der Waals surface area contributed by atoms with Crippen molar-refractivity contribution in [2.75, 3.05) is 13.1 Å². The summed E-state index contributed by atoms with van der Waals surface area (Å²) >= 11 is 0. The summed E-state index contributed by atoms with van der Waals surface area (Å²) in [4.78, 5) is 0. The van der Waals surface area contributed by atoms with E-state index in [0.29, 0.717) is 5.56 Å². The molecule has 1 heterocycles. The van der Waals surface area contributed by atoms with Crippen molar-refractivity contribution in [3.05, 3.63) is 29.6 Å². The van der Waals surface area contributed by atoms with E-state index in [1.807, 2.05) is 0 Å². The third kappa shape index (κ3) is 3.12. The summed E-state index contributed by atoms with van der Waals surface area (Å²) in [7, 11) is 0. The van der Waals surface area contributed by atoms with E-state index in [0.717, 1.165) is 32.0 Å². The van der Waals surface area contributed by atoms with Gasteiger partial charge in [0.2, 0.25) is 0 Å². The van der Waals surface area contributed by atoms with Crippen LogP contribution in [0.5, 0.6) is 5.75 Å². The van der Waals surface area contributed by atoms with Crippen molar-refractivity contribution < 1.29 is 17.9 Å². The predicted molar refractivity (Wildman–Crippen MR) is 57.9 cm³/mol. The average molecular weight is 245 g/mol. The van der Waals surface area contributed by atoms with Gasteiger partial charge in [-0.25, -0.2) is 4.39 Å². The lowest BCUT2D eigenvalue weighted by atomic mass is 9.91. The summed E-state index contributed by atoms with van der Waals surface area (Å²) in [5.41, 5.74) is 0.568. The Kier molecular flexibility index (Phi) is 3.89. The molecule has 0 aliphatic carbocycles. The van der Waals surface area contributed by atoms with Crippen molar-refractivity contribution in [1.29, 1.82) is 0 Å². The standard InChI is InChI=1S/C12H14F3NO/c13-11-6-9(17-12(14)15)3-4-10(11)8-2-1-5-16-7-8/h3-4,6,8,12,16H,1-2,5,7H2. The first-order valence-corrected chi connectivity index (χ1v) is 5.62. The first-order chi connectivity index (χ1) is 8.16. The molecule has 2 rings (SSSR count). The number of ether oxygens (including phenoxy) is 1. The molecule has 1 aromatic carbocycles. The van der Waals surface area contributed by atoms with Gasteiger partial charge in [0, 0.05) is 12.6 Å². The Morgan fingerprint density at radius 2 is 2.18 bits per heavy atom. The van der Waals surface area contributed by atoms with Crippen LogP contribution in [-0.4, -0.2) is 19.7 Å². The first kappa shape index (κ1) is 12.2.